The Morgan fingerprint density at radius 3 is 2.26 bits per heavy atom. The third-order valence-electron chi connectivity index (χ3n) is 4.98. The number of aromatic nitrogens is 1. The Bertz CT molecular complexity index is 1250. The summed E-state index contributed by atoms with van der Waals surface area (Å²) in [4.78, 5) is 49.5. The van der Waals surface area contributed by atoms with Gasteiger partial charge in [-0.25, -0.2) is 4.79 Å². The second kappa shape index (κ2) is 10.4. The first-order chi connectivity index (χ1) is 16.2. The number of amides is 1. The van der Waals surface area contributed by atoms with E-state index < -0.39 is 34.6 Å². The van der Waals surface area contributed by atoms with Crippen LogP contribution in [0.4, 0.5) is 22.7 Å². The Balaban J connectivity index is 1.88. The van der Waals surface area contributed by atoms with Gasteiger partial charge < -0.3 is 15.0 Å². The number of nitrogens with one attached hydrogen (secondary N) is 1. The molecule has 1 aromatic heterocycles. The molecule has 0 fully saturated rings. The SMILES string of the molecule is COC(=O)c1cc([N+](=O)[O-])c(=O)n(CC(=O)N(c2ccc(Nc3ccccc3)cc2)C(C)C)c1. The summed E-state index contributed by atoms with van der Waals surface area (Å²) in [5.41, 5.74) is 0.321. The Morgan fingerprint density at radius 1 is 1.09 bits per heavy atom. The molecule has 176 valence electrons. The minimum atomic E-state index is -0.989. The Hall–Kier alpha value is -4.47. The van der Waals surface area contributed by atoms with Gasteiger partial charge in [0.15, 0.2) is 0 Å². The smallest absolute Gasteiger partial charge is 0.339 e. The predicted octanol–water partition coefficient (Wildman–Crippen LogP) is 3.73. The number of carbonyl (C=O) groups is 2. The van der Waals surface area contributed by atoms with Crippen LogP contribution in [0.25, 0.3) is 0 Å². The molecule has 1 amide bonds. The number of rotatable bonds is 8. The van der Waals surface area contributed by atoms with Crippen LogP contribution in [-0.4, -0.2) is 34.5 Å². The summed E-state index contributed by atoms with van der Waals surface area (Å²) in [7, 11) is 1.12. The normalized spacial score (nSPS) is 10.6. The molecule has 3 aromatic rings. The summed E-state index contributed by atoms with van der Waals surface area (Å²) in [5.74, 6) is -1.33. The zero-order valence-corrected chi connectivity index (χ0v) is 18.9. The monoisotopic (exact) mass is 464 g/mol. The van der Waals surface area contributed by atoms with Crippen LogP contribution in [0.5, 0.6) is 0 Å². The van der Waals surface area contributed by atoms with Gasteiger partial charge in [0.25, 0.3) is 0 Å². The van der Waals surface area contributed by atoms with Crippen LogP contribution in [0.1, 0.15) is 24.2 Å². The van der Waals surface area contributed by atoms with Gasteiger partial charge in [-0.3, -0.25) is 24.3 Å². The molecule has 0 atom stereocenters. The van der Waals surface area contributed by atoms with Gasteiger partial charge in [-0.05, 0) is 50.2 Å². The van der Waals surface area contributed by atoms with E-state index in [0.29, 0.717) is 5.69 Å². The van der Waals surface area contributed by atoms with E-state index in [-0.39, 0.29) is 11.6 Å². The lowest BCUT2D eigenvalue weighted by Crippen LogP contribution is -2.41. The number of carbonyl (C=O) groups excluding carboxylic acids is 2. The highest BCUT2D eigenvalue weighted by atomic mass is 16.6. The van der Waals surface area contributed by atoms with Gasteiger partial charge >= 0.3 is 17.2 Å². The number of para-hydroxylation sites is 1. The predicted molar refractivity (Wildman–Crippen MR) is 127 cm³/mol. The minimum Gasteiger partial charge on any atom is -0.465 e. The van der Waals surface area contributed by atoms with Gasteiger partial charge in [0, 0.05) is 35.4 Å². The number of benzene rings is 2. The van der Waals surface area contributed by atoms with Gasteiger partial charge in [0.05, 0.1) is 17.6 Å². The summed E-state index contributed by atoms with van der Waals surface area (Å²) in [5, 5.41) is 14.5. The van der Waals surface area contributed by atoms with Crippen molar-refractivity contribution in [2.75, 3.05) is 17.3 Å². The van der Waals surface area contributed by atoms with Crippen LogP contribution in [0.15, 0.2) is 71.7 Å². The van der Waals surface area contributed by atoms with Crippen molar-refractivity contribution in [3.63, 3.8) is 0 Å². The largest absolute Gasteiger partial charge is 0.465 e. The highest BCUT2D eigenvalue weighted by molar-refractivity contribution is 5.94. The molecule has 0 bridgehead atoms. The van der Waals surface area contributed by atoms with Crippen LogP contribution in [-0.2, 0) is 16.1 Å². The topological polar surface area (TPSA) is 124 Å². The lowest BCUT2D eigenvalue weighted by atomic mass is 10.2. The summed E-state index contributed by atoms with van der Waals surface area (Å²) in [6.45, 7) is 3.13. The molecule has 3 rings (SSSR count). The third-order valence-corrected chi connectivity index (χ3v) is 4.98. The third kappa shape index (κ3) is 5.47. The van der Waals surface area contributed by atoms with Crippen molar-refractivity contribution in [2.24, 2.45) is 0 Å². The van der Waals surface area contributed by atoms with Gasteiger partial charge in [-0.1, -0.05) is 18.2 Å². The lowest BCUT2D eigenvalue weighted by molar-refractivity contribution is -0.386. The molecule has 0 saturated carbocycles. The highest BCUT2D eigenvalue weighted by Gasteiger charge is 2.24. The van der Waals surface area contributed by atoms with E-state index in [0.717, 1.165) is 35.3 Å². The molecule has 1 N–H and O–H groups in total. The molecule has 10 heteroatoms. The Kier molecular flexibility index (Phi) is 7.42. The van der Waals surface area contributed by atoms with Crippen molar-refractivity contribution in [1.82, 2.24) is 4.57 Å². The maximum Gasteiger partial charge on any atom is 0.339 e. The fourth-order valence-electron chi connectivity index (χ4n) is 3.44. The second-order valence-electron chi connectivity index (χ2n) is 7.69. The number of methoxy groups -OCH3 is 1. The van der Waals surface area contributed by atoms with E-state index in [1.54, 1.807) is 12.1 Å². The quantitative estimate of drug-likeness (QED) is 0.306. The van der Waals surface area contributed by atoms with Crippen molar-refractivity contribution in [2.45, 2.75) is 26.4 Å². The fourth-order valence-corrected chi connectivity index (χ4v) is 3.44. The summed E-state index contributed by atoms with van der Waals surface area (Å²) < 4.78 is 5.46. The summed E-state index contributed by atoms with van der Waals surface area (Å²) >= 11 is 0. The molecule has 0 spiro atoms. The zero-order chi connectivity index (χ0) is 24.8. The molecule has 1 heterocycles. The van der Waals surface area contributed by atoms with Crippen molar-refractivity contribution in [3.05, 3.63) is 92.9 Å². The summed E-state index contributed by atoms with van der Waals surface area (Å²) in [6, 6.07) is 17.3. The van der Waals surface area contributed by atoms with Crippen molar-refractivity contribution < 1.29 is 19.2 Å². The van der Waals surface area contributed by atoms with Crippen molar-refractivity contribution in [3.8, 4) is 0 Å². The lowest BCUT2D eigenvalue weighted by Gasteiger charge is -2.27. The van der Waals surface area contributed by atoms with Gasteiger partial charge in [0.1, 0.15) is 6.54 Å². The molecule has 2 aromatic carbocycles. The average molecular weight is 464 g/mol. The van der Waals surface area contributed by atoms with E-state index in [9.17, 15) is 24.5 Å². The number of hydrogen-bond acceptors (Lipinski definition) is 7. The Morgan fingerprint density at radius 2 is 1.71 bits per heavy atom. The van der Waals surface area contributed by atoms with Crippen LogP contribution >= 0.6 is 0 Å². The molecule has 0 saturated heterocycles. The number of esters is 1. The maximum absolute atomic E-state index is 13.2. The highest BCUT2D eigenvalue weighted by Crippen LogP contribution is 2.23. The van der Waals surface area contributed by atoms with Gasteiger partial charge in [-0.2, -0.15) is 0 Å². The van der Waals surface area contributed by atoms with Gasteiger partial charge in [0.2, 0.25) is 5.91 Å². The number of nitro groups is 1. The number of nitrogens with zero attached hydrogens (tertiary/aromatic N) is 3. The summed E-state index contributed by atoms with van der Waals surface area (Å²) in [6.07, 6.45) is 1.09. The molecule has 34 heavy (non-hydrogen) atoms. The molecule has 0 radical (unpaired) electrons. The van der Waals surface area contributed by atoms with Crippen molar-refractivity contribution in [1.29, 1.82) is 0 Å². The first-order valence-corrected chi connectivity index (χ1v) is 10.4. The minimum absolute atomic E-state index is 0.200. The van der Waals surface area contributed by atoms with E-state index in [1.807, 2.05) is 56.3 Å². The molecule has 0 aliphatic carbocycles. The second-order valence-corrected chi connectivity index (χ2v) is 7.69. The maximum atomic E-state index is 13.2. The fraction of sp³-hybridized carbons (Fsp3) is 0.208. The van der Waals surface area contributed by atoms with E-state index in [1.165, 1.54) is 4.90 Å². The van der Waals surface area contributed by atoms with Crippen LogP contribution in [0, 0.1) is 10.1 Å². The first-order valence-electron chi connectivity index (χ1n) is 10.4. The molecule has 10 nitrogen and oxygen atoms in total. The zero-order valence-electron chi connectivity index (χ0n) is 18.9. The van der Waals surface area contributed by atoms with Crippen LogP contribution in [0.3, 0.4) is 0 Å². The number of hydrogen-bond donors (Lipinski definition) is 1. The molecule has 0 aliphatic rings. The van der Waals surface area contributed by atoms with Crippen molar-refractivity contribution >= 4 is 34.6 Å². The number of pyridine rings is 1. The average Bonchev–Trinajstić information content (AvgIpc) is 2.81. The first kappa shape index (κ1) is 24.2. The molecular weight excluding hydrogens is 440 g/mol. The van der Waals surface area contributed by atoms with E-state index in [4.69, 9.17) is 0 Å². The van der Waals surface area contributed by atoms with Gasteiger partial charge in [-0.15, -0.1) is 0 Å². The van der Waals surface area contributed by atoms with Crippen LogP contribution < -0.4 is 15.8 Å². The number of anilines is 3. The number of ether oxygens (including phenoxy) is 1. The van der Waals surface area contributed by atoms with Crippen LogP contribution in [0.2, 0.25) is 0 Å². The van der Waals surface area contributed by atoms with E-state index in [2.05, 4.69) is 10.1 Å². The Labute approximate surface area is 195 Å². The molecular formula is C24H24N4O6. The standard InChI is InChI=1S/C24H24N4O6/c1-16(2)27(20-11-9-19(10-12-20)25-18-7-5-4-6-8-18)22(29)15-26-14-17(24(31)34-3)13-21(23(26)30)28(32)33/h4-14,16,25H,15H2,1-3H3. The molecule has 0 unspecified atom stereocenters. The molecule has 0 aliphatic heterocycles. The van der Waals surface area contributed by atoms with E-state index >= 15 is 0 Å².